The highest BCUT2D eigenvalue weighted by Crippen LogP contribution is 2.31. The van der Waals surface area contributed by atoms with Crippen molar-refractivity contribution in [2.45, 2.75) is 12.7 Å². The van der Waals surface area contributed by atoms with E-state index in [1.165, 1.54) is 27.9 Å². The van der Waals surface area contributed by atoms with Crippen molar-refractivity contribution in [3.05, 3.63) is 102 Å². The van der Waals surface area contributed by atoms with Crippen molar-refractivity contribution in [2.24, 2.45) is 0 Å². The summed E-state index contributed by atoms with van der Waals surface area (Å²) >= 11 is 0. The Bertz CT molecular complexity index is 1340. The van der Waals surface area contributed by atoms with Crippen LogP contribution in [0, 0.1) is 0 Å². The second-order valence-corrected chi connectivity index (χ2v) is 7.87. The maximum absolute atomic E-state index is 13.4. The lowest BCUT2D eigenvalue weighted by Gasteiger charge is -2.18. The first-order valence-corrected chi connectivity index (χ1v) is 10.6. The molecule has 7 nitrogen and oxygen atoms in total. The highest BCUT2D eigenvalue weighted by atomic mass is 19.4. The second kappa shape index (κ2) is 9.49. The number of nitrogens with zero attached hydrogens (tertiary/aromatic N) is 4. The molecule has 0 radical (unpaired) electrons. The monoisotopic (exact) mass is 481 g/mol. The van der Waals surface area contributed by atoms with E-state index in [-0.39, 0.29) is 29.6 Å². The average molecular weight is 481 g/mol. The van der Waals surface area contributed by atoms with Crippen LogP contribution in [0.5, 0.6) is 0 Å². The summed E-state index contributed by atoms with van der Waals surface area (Å²) < 4.78 is 42.8. The summed E-state index contributed by atoms with van der Waals surface area (Å²) in [4.78, 5) is 26.6. The predicted octanol–water partition coefficient (Wildman–Crippen LogP) is 4.31. The Morgan fingerprint density at radius 3 is 2.34 bits per heavy atom. The van der Waals surface area contributed by atoms with Crippen LogP contribution in [0.25, 0.3) is 11.5 Å². The van der Waals surface area contributed by atoms with Crippen molar-refractivity contribution in [1.29, 1.82) is 0 Å². The molecule has 0 unspecified atom stereocenters. The van der Waals surface area contributed by atoms with E-state index in [1.54, 1.807) is 67.5 Å². The maximum Gasteiger partial charge on any atom is 0.416 e. The summed E-state index contributed by atoms with van der Waals surface area (Å²) in [5.74, 6) is -0.247. The van der Waals surface area contributed by atoms with Crippen molar-refractivity contribution in [2.75, 3.05) is 14.1 Å². The first-order valence-electron chi connectivity index (χ1n) is 10.6. The molecule has 2 amide bonds. The smallest absolute Gasteiger partial charge is 0.355 e. The van der Waals surface area contributed by atoms with Crippen LogP contribution < -0.4 is 5.32 Å². The van der Waals surface area contributed by atoms with Gasteiger partial charge in [0.2, 0.25) is 0 Å². The zero-order chi connectivity index (χ0) is 25.2. The predicted molar refractivity (Wildman–Crippen MR) is 124 cm³/mol. The molecule has 0 spiro atoms. The molecule has 4 rings (SSSR count). The third-order valence-electron chi connectivity index (χ3n) is 5.45. The van der Waals surface area contributed by atoms with E-state index >= 15 is 0 Å². The fourth-order valence-electron chi connectivity index (χ4n) is 3.68. The van der Waals surface area contributed by atoms with Gasteiger partial charge < -0.3 is 14.8 Å². The lowest BCUT2D eigenvalue weighted by molar-refractivity contribution is -0.137. The Morgan fingerprint density at radius 2 is 1.71 bits per heavy atom. The zero-order valence-electron chi connectivity index (χ0n) is 19.0. The molecule has 2 aromatic carbocycles. The molecule has 0 fully saturated rings. The van der Waals surface area contributed by atoms with Gasteiger partial charge in [0, 0.05) is 38.6 Å². The van der Waals surface area contributed by atoms with E-state index in [1.807, 2.05) is 0 Å². The Morgan fingerprint density at radius 1 is 1.03 bits per heavy atom. The van der Waals surface area contributed by atoms with Crippen LogP contribution in [0.4, 0.5) is 13.2 Å². The summed E-state index contributed by atoms with van der Waals surface area (Å²) in [6, 6.07) is 15.1. The van der Waals surface area contributed by atoms with Crippen LogP contribution in [-0.4, -0.2) is 45.2 Å². The summed E-state index contributed by atoms with van der Waals surface area (Å²) in [5, 5.41) is 6.80. The lowest BCUT2D eigenvalue weighted by atomic mass is 10.1. The van der Waals surface area contributed by atoms with Crippen LogP contribution in [0.3, 0.4) is 0 Å². The van der Waals surface area contributed by atoms with E-state index in [2.05, 4.69) is 10.4 Å². The van der Waals surface area contributed by atoms with Gasteiger partial charge in [0.1, 0.15) is 5.56 Å². The number of halogens is 3. The molecular weight excluding hydrogens is 459 g/mol. The van der Waals surface area contributed by atoms with Crippen LogP contribution in [0.2, 0.25) is 0 Å². The van der Waals surface area contributed by atoms with Crippen molar-refractivity contribution in [1.82, 2.24) is 24.6 Å². The lowest BCUT2D eigenvalue weighted by Crippen LogP contribution is -2.27. The number of carbonyl (C=O) groups excluding carboxylic acids is 2. The van der Waals surface area contributed by atoms with Gasteiger partial charge in [-0.05, 0) is 48.0 Å². The minimum atomic E-state index is -4.51. The molecule has 0 saturated carbocycles. The molecule has 10 heteroatoms. The van der Waals surface area contributed by atoms with E-state index in [0.29, 0.717) is 11.4 Å². The van der Waals surface area contributed by atoms with Gasteiger partial charge in [0.25, 0.3) is 11.8 Å². The van der Waals surface area contributed by atoms with Gasteiger partial charge in [-0.3, -0.25) is 9.59 Å². The van der Waals surface area contributed by atoms with Gasteiger partial charge >= 0.3 is 6.18 Å². The molecule has 4 aromatic rings. The topological polar surface area (TPSA) is 72.2 Å². The molecule has 180 valence electrons. The Kier molecular flexibility index (Phi) is 6.46. The molecule has 1 N–H and O–H groups in total. The number of carbonyl (C=O) groups is 2. The molecule has 0 aliphatic heterocycles. The fourth-order valence-corrected chi connectivity index (χ4v) is 3.68. The maximum atomic E-state index is 13.4. The standard InChI is InChI=1S/C25H22F3N5O2/c1-29-22(34)18-10-8-17(9-11-18)16-31(2)24(35)21-15-30-33(23(21)32-12-3-4-13-32)20-7-5-6-19(14-20)25(26,27)28/h3-15H,16H2,1-2H3,(H,29,34). The van der Waals surface area contributed by atoms with Crippen molar-refractivity contribution in [3.8, 4) is 11.5 Å². The number of hydrogen-bond donors (Lipinski definition) is 1. The normalized spacial score (nSPS) is 11.3. The number of alkyl halides is 3. The third kappa shape index (κ3) is 4.96. The Labute approximate surface area is 199 Å². The molecule has 35 heavy (non-hydrogen) atoms. The second-order valence-electron chi connectivity index (χ2n) is 7.87. The van der Waals surface area contributed by atoms with E-state index in [0.717, 1.165) is 17.7 Å². The van der Waals surface area contributed by atoms with Gasteiger partial charge in [-0.1, -0.05) is 18.2 Å². The summed E-state index contributed by atoms with van der Waals surface area (Å²) in [6.45, 7) is 0.257. The third-order valence-corrected chi connectivity index (χ3v) is 5.45. The van der Waals surface area contributed by atoms with E-state index < -0.39 is 11.7 Å². The zero-order valence-corrected chi connectivity index (χ0v) is 19.0. The first-order chi connectivity index (χ1) is 16.7. The summed E-state index contributed by atoms with van der Waals surface area (Å²) in [6.07, 6.45) is 0.219. The summed E-state index contributed by atoms with van der Waals surface area (Å²) in [7, 11) is 3.17. The van der Waals surface area contributed by atoms with Crippen molar-refractivity contribution in [3.63, 3.8) is 0 Å². The average Bonchev–Trinajstić information content (AvgIpc) is 3.53. The minimum Gasteiger partial charge on any atom is -0.355 e. The van der Waals surface area contributed by atoms with Crippen LogP contribution >= 0.6 is 0 Å². The van der Waals surface area contributed by atoms with Crippen molar-refractivity contribution < 1.29 is 22.8 Å². The Hall–Kier alpha value is -4.34. The van der Waals surface area contributed by atoms with E-state index in [4.69, 9.17) is 0 Å². The largest absolute Gasteiger partial charge is 0.416 e. The fraction of sp³-hybridized carbons (Fsp3) is 0.160. The highest BCUT2D eigenvalue weighted by Gasteiger charge is 2.31. The van der Waals surface area contributed by atoms with Gasteiger partial charge in [-0.2, -0.15) is 18.3 Å². The molecule has 0 aliphatic rings. The van der Waals surface area contributed by atoms with Crippen LogP contribution in [-0.2, 0) is 12.7 Å². The number of hydrogen-bond acceptors (Lipinski definition) is 3. The molecule has 0 atom stereocenters. The quantitative estimate of drug-likeness (QED) is 0.446. The van der Waals surface area contributed by atoms with Crippen LogP contribution in [0.15, 0.2) is 79.3 Å². The number of aromatic nitrogens is 3. The Balaban J connectivity index is 1.67. The van der Waals surface area contributed by atoms with Gasteiger partial charge in [0.05, 0.1) is 17.4 Å². The highest BCUT2D eigenvalue weighted by molar-refractivity contribution is 5.97. The number of benzene rings is 2. The van der Waals surface area contributed by atoms with Crippen LogP contribution in [0.1, 0.15) is 31.8 Å². The molecule has 0 aliphatic carbocycles. The number of rotatable bonds is 6. The van der Waals surface area contributed by atoms with Gasteiger partial charge in [0.15, 0.2) is 5.82 Å². The summed E-state index contributed by atoms with van der Waals surface area (Å²) in [5.41, 5.74) is 0.899. The van der Waals surface area contributed by atoms with Gasteiger partial charge in [-0.25, -0.2) is 4.68 Å². The first kappa shape index (κ1) is 23.8. The minimum absolute atomic E-state index is 0.176. The molecule has 2 heterocycles. The molecule has 0 saturated heterocycles. The van der Waals surface area contributed by atoms with Gasteiger partial charge in [-0.15, -0.1) is 0 Å². The molecular formula is C25H22F3N5O2. The number of nitrogens with one attached hydrogen (secondary N) is 1. The molecule has 0 bridgehead atoms. The SMILES string of the molecule is CNC(=O)c1ccc(CN(C)C(=O)c2cnn(-c3cccc(C(F)(F)F)c3)c2-n2cccc2)cc1. The number of amides is 2. The molecule has 2 aromatic heterocycles. The van der Waals surface area contributed by atoms with E-state index in [9.17, 15) is 22.8 Å². The van der Waals surface area contributed by atoms with Crippen molar-refractivity contribution >= 4 is 11.8 Å².